The lowest BCUT2D eigenvalue weighted by atomic mass is 9.85. The molecular weight excluding hydrogens is 366 g/mol. The number of carbonyl (C=O) groups excluding carboxylic acids is 3. The number of hydrogen-bond donors (Lipinski definition) is 2. The highest BCUT2D eigenvalue weighted by atomic mass is 16.2. The SMILES string of the molecule is C=CC.CC(C)C[C@@H](C(=O)NC1CCc2ccccc2N(C)C1=O)C(C)C(N)=O. The number of nitrogens with two attached hydrogens (primary N) is 1. The maximum Gasteiger partial charge on any atom is 0.249 e. The van der Waals surface area contributed by atoms with Crippen molar-refractivity contribution in [3.63, 3.8) is 0 Å². The molecule has 2 unspecified atom stereocenters. The van der Waals surface area contributed by atoms with Crippen molar-refractivity contribution in [1.29, 1.82) is 0 Å². The fourth-order valence-corrected chi connectivity index (χ4v) is 3.48. The molecule has 6 heteroatoms. The molecule has 3 N–H and O–H groups in total. The molecule has 2 rings (SSSR count). The van der Waals surface area contributed by atoms with E-state index in [0.29, 0.717) is 19.3 Å². The minimum Gasteiger partial charge on any atom is -0.369 e. The van der Waals surface area contributed by atoms with Gasteiger partial charge >= 0.3 is 0 Å². The zero-order valence-corrected chi connectivity index (χ0v) is 18.3. The molecule has 0 bridgehead atoms. The minimum absolute atomic E-state index is 0.140. The third-order valence-electron chi connectivity index (χ3n) is 5.11. The summed E-state index contributed by atoms with van der Waals surface area (Å²) in [6.07, 6.45) is 3.54. The van der Waals surface area contributed by atoms with E-state index in [9.17, 15) is 14.4 Å². The smallest absolute Gasteiger partial charge is 0.249 e. The van der Waals surface area contributed by atoms with Gasteiger partial charge in [-0.2, -0.15) is 0 Å². The molecule has 3 atom stereocenters. The quantitative estimate of drug-likeness (QED) is 0.718. The molecule has 1 aromatic rings. The summed E-state index contributed by atoms with van der Waals surface area (Å²) in [6.45, 7) is 10.9. The van der Waals surface area contributed by atoms with Crippen molar-refractivity contribution in [3.05, 3.63) is 42.5 Å². The van der Waals surface area contributed by atoms with Gasteiger partial charge in [-0.25, -0.2) is 0 Å². The summed E-state index contributed by atoms with van der Waals surface area (Å²) >= 11 is 0. The van der Waals surface area contributed by atoms with E-state index in [-0.39, 0.29) is 17.7 Å². The van der Waals surface area contributed by atoms with Crippen molar-refractivity contribution >= 4 is 23.4 Å². The van der Waals surface area contributed by atoms with E-state index in [1.54, 1.807) is 24.9 Å². The summed E-state index contributed by atoms with van der Waals surface area (Å²) in [5, 5.41) is 2.88. The van der Waals surface area contributed by atoms with Crippen LogP contribution in [-0.2, 0) is 20.8 Å². The average molecular weight is 402 g/mol. The molecule has 0 radical (unpaired) electrons. The lowest BCUT2D eigenvalue weighted by Gasteiger charge is -2.27. The molecule has 0 fully saturated rings. The van der Waals surface area contributed by atoms with Gasteiger partial charge < -0.3 is 16.0 Å². The van der Waals surface area contributed by atoms with Gasteiger partial charge in [-0.15, -0.1) is 6.58 Å². The van der Waals surface area contributed by atoms with Gasteiger partial charge in [-0.1, -0.05) is 45.0 Å². The van der Waals surface area contributed by atoms with Crippen LogP contribution in [-0.4, -0.2) is 30.8 Å². The Morgan fingerprint density at radius 2 is 1.90 bits per heavy atom. The van der Waals surface area contributed by atoms with Gasteiger partial charge in [-0.3, -0.25) is 14.4 Å². The van der Waals surface area contributed by atoms with Crippen molar-refractivity contribution < 1.29 is 14.4 Å². The van der Waals surface area contributed by atoms with Crippen LogP contribution in [0.15, 0.2) is 36.9 Å². The number of aryl methyl sites for hydroxylation is 1. The fourth-order valence-electron chi connectivity index (χ4n) is 3.48. The first-order chi connectivity index (χ1) is 13.6. The van der Waals surface area contributed by atoms with E-state index in [1.165, 1.54) is 0 Å². The third-order valence-corrected chi connectivity index (χ3v) is 5.11. The lowest BCUT2D eigenvalue weighted by Crippen LogP contribution is -2.50. The van der Waals surface area contributed by atoms with Gasteiger partial charge in [0.05, 0.1) is 0 Å². The molecule has 160 valence electrons. The van der Waals surface area contributed by atoms with E-state index in [4.69, 9.17) is 5.73 Å². The summed E-state index contributed by atoms with van der Waals surface area (Å²) in [7, 11) is 1.73. The van der Waals surface area contributed by atoms with E-state index in [1.807, 2.05) is 45.0 Å². The molecular formula is C23H35N3O3. The highest BCUT2D eigenvalue weighted by molar-refractivity contribution is 6.00. The molecule has 0 spiro atoms. The van der Waals surface area contributed by atoms with E-state index in [0.717, 1.165) is 11.3 Å². The Morgan fingerprint density at radius 3 is 2.45 bits per heavy atom. The molecule has 29 heavy (non-hydrogen) atoms. The fraction of sp³-hybridized carbons (Fsp3) is 0.522. The van der Waals surface area contributed by atoms with Crippen LogP contribution in [0.25, 0.3) is 0 Å². The predicted molar refractivity (Wildman–Crippen MR) is 117 cm³/mol. The standard InChI is InChI=1S/C20H29N3O3.C3H6/c1-12(2)11-15(13(3)18(21)24)19(25)22-16-10-9-14-7-5-6-8-17(14)23(4)20(16)26;1-3-2/h5-8,12-13,15-16H,9-11H2,1-4H3,(H2,21,24)(H,22,25);3H,1H2,2H3/t13?,15-,16?;/m1./s1. The first kappa shape index (κ1) is 24.4. The molecule has 1 aliphatic rings. The Hall–Kier alpha value is -2.63. The maximum absolute atomic E-state index is 12.8. The molecule has 1 aliphatic heterocycles. The lowest BCUT2D eigenvalue weighted by molar-refractivity contribution is -0.135. The number of rotatable bonds is 6. The van der Waals surface area contributed by atoms with E-state index in [2.05, 4.69) is 11.9 Å². The molecule has 1 aromatic carbocycles. The van der Waals surface area contributed by atoms with E-state index >= 15 is 0 Å². The van der Waals surface area contributed by atoms with Gasteiger partial charge in [0.2, 0.25) is 17.7 Å². The van der Waals surface area contributed by atoms with Crippen LogP contribution < -0.4 is 16.0 Å². The Kier molecular flexibility index (Phi) is 9.59. The normalized spacial score (nSPS) is 17.9. The van der Waals surface area contributed by atoms with Crippen molar-refractivity contribution in [2.24, 2.45) is 23.5 Å². The number of para-hydroxylation sites is 1. The molecule has 0 saturated heterocycles. The molecule has 1 heterocycles. The number of hydrogen-bond acceptors (Lipinski definition) is 3. The number of fused-ring (bicyclic) bond motifs is 1. The molecule has 0 saturated carbocycles. The zero-order valence-electron chi connectivity index (χ0n) is 18.3. The Balaban J connectivity index is 0.00000132. The van der Waals surface area contributed by atoms with Crippen LogP contribution in [0.5, 0.6) is 0 Å². The number of primary amides is 1. The van der Waals surface area contributed by atoms with Gasteiger partial charge in [0.1, 0.15) is 6.04 Å². The zero-order chi connectivity index (χ0) is 22.1. The van der Waals surface area contributed by atoms with Crippen LogP contribution in [0.1, 0.15) is 46.1 Å². The highest BCUT2D eigenvalue weighted by Gasteiger charge is 2.34. The van der Waals surface area contributed by atoms with Crippen LogP contribution in [0.3, 0.4) is 0 Å². The Morgan fingerprint density at radius 1 is 1.31 bits per heavy atom. The molecule has 6 nitrogen and oxygen atoms in total. The summed E-state index contributed by atoms with van der Waals surface area (Å²) in [5.41, 5.74) is 7.38. The Labute approximate surface area is 174 Å². The number of anilines is 1. The van der Waals surface area contributed by atoms with Crippen molar-refractivity contribution in [2.45, 2.75) is 53.0 Å². The number of nitrogens with one attached hydrogen (secondary N) is 1. The number of allylic oxidation sites excluding steroid dienone is 1. The van der Waals surface area contributed by atoms with Gasteiger partial charge in [0, 0.05) is 24.6 Å². The van der Waals surface area contributed by atoms with Crippen molar-refractivity contribution in [3.8, 4) is 0 Å². The number of benzene rings is 1. The monoisotopic (exact) mass is 401 g/mol. The van der Waals surface area contributed by atoms with Gasteiger partial charge in [-0.05, 0) is 43.7 Å². The maximum atomic E-state index is 12.8. The molecule has 0 aliphatic carbocycles. The van der Waals surface area contributed by atoms with Crippen LogP contribution in [0.2, 0.25) is 0 Å². The first-order valence-corrected chi connectivity index (χ1v) is 10.2. The first-order valence-electron chi connectivity index (χ1n) is 10.2. The van der Waals surface area contributed by atoms with Crippen LogP contribution >= 0.6 is 0 Å². The van der Waals surface area contributed by atoms with Crippen LogP contribution in [0, 0.1) is 17.8 Å². The Bertz CT molecular complexity index is 730. The summed E-state index contributed by atoms with van der Waals surface area (Å²) in [4.78, 5) is 38.9. The summed E-state index contributed by atoms with van der Waals surface area (Å²) in [6, 6.07) is 7.15. The number of likely N-dealkylation sites (N-methyl/N-ethyl adjacent to an activating group) is 1. The average Bonchev–Trinajstić information content (AvgIpc) is 2.78. The highest BCUT2D eigenvalue weighted by Crippen LogP contribution is 2.26. The largest absolute Gasteiger partial charge is 0.369 e. The van der Waals surface area contributed by atoms with Gasteiger partial charge in [0.25, 0.3) is 0 Å². The predicted octanol–water partition coefficient (Wildman–Crippen LogP) is 3.06. The molecule has 3 amide bonds. The summed E-state index contributed by atoms with van der Waals surface area (Å²) < 4.78 is 0. The molecule has 0 aromatic heterocycles. The number of amides is 3. The van der Waals surface area contributed by atoms with Crippen molar-refractivity contribution in [2.75, 3.05) is 11.9 Å². The minimum atomic E-state index is -0.602. The topological polar surface area (TPSA) is 92.5 Å². The van der Waals surface area contributed by atoms with Gasteiger partial charge in [0.15, 0.2) is 0 Å². The summed E-state index contributed by atoms with van der Waals surface area (Å²) in [5.74, 6) is -1.78. The second-order valence-corrected chi connectivity index (χ2v) is 7.96. The number of nitrogens with zero attached hydrogens (tertiary/aromatic N) is 1. The van der Waals surface area contributed by atoms with Crippen molar-refractivity contribution in [1.82, 2.24) is 5.32 Å². The van der Waals surface area contributed by atoms with Crippen LogP contribution in [0.4, 0.5) is 5.69 Å². The third kappa shape index (κ3) is 6.73. The number of carbonyl (C=O) groups is 3. The second-order valence-electron chi connectivity index (χ2n) is 7.96. The second kappa shape index (κ2) is 11.4. The van der Waals surface area contributed by atoms with E-state index < -0.39 is 23.8 Å².